The summed E-state index contributed by atoms with van der Waals surface area (Å²) >= 11 is 3.50. The Morgan fingerprint density at radius 2 is 2.11 bits per heavy atom. The zero-order valence-electron chi connectivity index (χ0n) is 10.4. The number of nitrogens with zero attached hydrogens (tertiary/aromatic N) is 1. The molecule has 2 rings (SSSR count). The molecule has 4 nitrogen and oxygen atoms in total. The molecular formula is C13H19BrN2O2. The molecule has 5 heteroatoms. The van der Waals surface area contributed by atoms with Gasteiger partial charge in [-0.3, -0.25) is 4.90 Å². The van der Waals surface area contributed by atoms with Gasteiger partial charge in [-0.2, -0.15) is 0 Å². The van der Waals surface area contributed by atoms with E-state index < -0.39 is 0 Å². The van der Waals surface area contributed by atoms with E-state index in [2.05, 4.69) is 20.8 Å². The minimum Gasteiger partial charge on any atom is -0.491 e. The molecule has 1 heterocycles. The van der Waals surface area contributed by atoms with E-state index in [1.165, 1.54) is 0 Å². The van der Waals surface area contributed by atoms with Crippen LogP contribution in [0.4, 0.5) is 0 Å². The Balaban J connectivity index is 1.79. The molecule has 0 atom stereocenters. The highest BCUT2D eigenvalue weighted by molar-refractivity contribution is 9.10. The molecule has 100 valence electrons. The van der Waals surface area contributed by atoms with Crippen molar-refractivity contribution in [3.63, 3.8) is 0 Å². The highest BCUT2D eigenvalue weighted by atomic mass is 79.9. The van der Waals surface area contributed by atoms with Crippen LogP contribution < -0.4 is 10.5 Å². The Hall–Kier alpha value is -0.620. The molecule has 1 fully saturated rings. The third kappa shape index (κ3) is 3.95. The molecule has 0 amide bonds. The molecule has 1 aromatic rings. The third-order valence-electron chi connectivity index (χ3n) is 3.00. The van der Waals surface area contributed by atoms with Crippen molar-refractivity contribution in [1.82, 2.24) is 4.90 Å². The van der Waals surface area contributed by atoms with E-state index in [0.717, 1.165) is 48.6 Å². The van der Waals surface area contributed by atoms with Crippen molar-refractivity contribution in [3.8, 4) is 5.75 Å². The van der Waals surface area contributed by atoms with Gasteiger partial charge in [0.05, 0.1) is 17.7 Å². The summed E-state index contributed by atoms with van der Waals surface area (Å²) < 4.78 is 12.0. The van der Waals surface area contributed by atoms with Crippen molar-refractivity contribution in [3.05, 3.63) is 28.2 Å². The lowest BCUT2D eigenvalue weighted by molar-refractivity contribution is 0.0322. The second kappa shape index (κ2) is 7.09. The Labute approximate surface area is 116 Å². The average Bonchev–Trinajstić information content (AvgIpc) is 2.42. The molecule has 1 aliphatic heterocycles. The summed E-state index contributed by atoms with van der Waals surface area (Å²) in [6.45, 7) is 5.83. The fourth-order valence-electron chi connectivity index (χ4n) is 1.90. The Kier molecular flexibility index (Phi) is 5.44. The molecule has 0 aliphatic carbocycles. The van der Waals surface area contributed by atoms with Crippen molar-refractivity contribution in [2.24, 2.45) is 5.73 Å². The molecule has 2 N–H and O–H groups in total. The van der Waals surface area contributed by atoms with E-state index in [9.17, 15) is 0 Å². The number of morpholine rings is 1. The van der Waals surface area contributed by atoms with Gasteiger partial charge in [0.2, 0.25) is 0 Å². The smallest absolute Gasteiger partial charge is 0.133 e. The van der Waals surface area contributed by atoms with Gasteiger partial charge in [0, 0.05) is 26.2 Å². The molecule has 18 heavy (non-hydrogen) atoms. The first kappa shape index (κ1) is 13.8. The van der Waals surface area contributed by atoms with E-state index in [0.29, 0.717) is 13.2 Å². The van der Waals surface area contributed by atoms with Crippen LogP contribution in [0.5, 0.6) is 5.75 Å². The van der Waals surface area contributed by atoms with Crippen LogP contribution in [0.1, 0.15) is 5.56 Å². The Morgan fingerprint density at radius 3 is 2.78 bits per heavy atom. The summed E-state index contributed by atoms with van der Waals surface area (Å²) in [6, 6.07) is 5.96. The maximum Gasteiger partial charge on any atom is 0.133 e. The van der Waals surface area contributed by atoms with E-state index in [1.54, 1.807) is 0 Å². The van der Waals surface area contributed by atoms with Gasteiger partial charge in [-0.05, 0) is 33.6 Å². The molecule has 1 saturated heterocycles. The third-order valence-corrected chi connectivity index (χ3v) is 3.62. The van der Waals surface area contributed by atoms with E-state index >= 15 is 0 Å². The van der Waals surface area contributed by atoms with Crippen LogP contribution in [0.25, 0.3) is 0 Å². The summed E-state index contributed by atoms with van der Waals surface area (Å²) in [6.07, 6.45) is 0. The highest BCUT2D eigenvalue weighted by Gasteiger charge is 2.10. The zero-order valence-corrected chi connectivity index (χ0v) is 12.0. The SMILES string of the molecule is NCc1ccc(OCCN2CCOCC2)c(Br)c1. The van der Waals surface area contributed by atoms with Crippen LogP contribution in [-0.2, 0) is 11.3 Å². The quantitative estimate of drug-likeness (QED) is 0.897. The summed E-state index contributed by atoms with van der Waals surface area (Å²) in [7, 11) is 0. The fourth-order valence-corrected chi connectivity index (χ4v) is 2.44. The highest BCUT2D eigenvalue weighted by Crippen LogP contribution is 2.25. The molecule has 0 unspecified atom stereocenters. The first-order chi connectivity index (χ1) is 8.79. The maximum atomic E-state index is 5.77. The van der Waals surface area contributed by atoms with Crippen molar-refractivity contribution in [2.45, 2.75) is 6.54 Å². The fraction of sp³-hybridized carbons (Fsp3) is 0.538. The summed E-state index contributed by atoms with van der Waals surface area (Å²) in [5.74, 6) is 0.875. The summed E-state index contributed by atoms with van der Waals surface area (Å²) in [5, 5.41) is 0. The topological polar surface area (TPSA) is 47.7 Å². The molecule has 0 bridgehead atoms. The van der Waals surface area contributed by atoms with Gasteiger partial charge < -0.3 is 15.2 Å². The largest absolute Gasteiger partial charge is 0.491 e. The zero-order chi connectivity index (χ0) is 12.8. The molecule has 0 spiro atoms. The second-order valence-corrected chi connectivity index (χ2v) is 5.13. The first-order valence-corrected chi connectivity index (χ1v) is 7.00. The number of hydrogen-bond acceptors (Lipinski definition) is 4. The van der Waals surface area contributed by atoms with Crippen LogP contribution in [0.15, 0.2) is 22.7 Å². The van der Waals surface area contributed by atoms with Gasteiger partial charge in [0.1, 0.15) is 12.4 Å². The lowest BCUT2D eigenvalue weighted by Crippen LogP contribution is -2.38. The number of hydrogen-bond donors (Lipinski definition) is 1. The summed E-state index contributed by atoms with van der Waals surface area (Å²) in [4.78, 5) is 2.35. The average molecular weight is 315 g/mol. The van der Waals surface area contributed by atoms with Gasteiger partial charge in [-0.1, -0.05) is 6.07 Å². The van der Waals surface area contributed by atoms with Gasteiger partial charge >= 0.3 is 0 Å². The molecule has 0 saturated carbocycles. The minimum absolute atomic E-state index is 0.548. The first-order valence-electron chi connectivity index (χ1n) is 6.21. The monoisotopic (exact) mass is 314 g/mol. The Morgan fingerprint density at radius 1 is 1.33 bits per heavy atom. The normalized spacial score (nSPS) is 16.8. The number of nitrogens with two attached hydrogens (primary N) is 1. The molecule has 0 aromatic heterocycles. The van der Waals surface area contributed by atoms with E-state index in [4.69, 9.17) is 15.2 Å². The Bertz CT molecular complexity index is 381. The van der Waals surface area contributed by atoms with E-state index in [-0.39, 0.29) is 0 Å². The van der Waals surface area contributed by atoms with Gasteiger partial charge in [0.15, 0.2) is 0 Å². The van der Waals surface area contributed by atoms with Crippen molar-refractivity contribution < 1.29 is 9.47 Å². The number of rotatable bonds is 5. The number of benzene rings is 1. The standard InChI is InChI=1S/C13H19BrN2O2/c14-12-9-11(10-15)1-2-13(12)18-8-5-16-3-6-17-7-4-16/h1-2,9H,3-8,10,15H2. The molecule has 0 radical (unpaired) electrons. The minimum atomic E-state index is 0.548. The van der Waals surface area contributed by atoms with E-state index in [1.807, 2.05) is 18.2 Å². The predicted molar refractivity (Wildman–Crippen MR) is 74.8 cm³/mol. The van der Waals surface area contributed by atoms with Gasteiger partial charge in [-0.15, -0.1) is 0 Å². The van der Waals surface area contributed by atoms with Crippen molar-refractivity contribution in [2.75, 3.05) is 39.5 Å². The van der Waals surface area contributed by atoms with Gasteiger partial charge in [0.25, 0.3) is 0 Å². The lowest BCUT2D eigenvalue weighted by Gasteiger charge is -2.26. The second-order valence-electron chi connectivity index (χ2n) is 4.27. The summed E-state index contributed by atoms with van der Waals surface area (Å²) in [5.41, 5.74) is 6.69. The maximum absolute atomic E-state index is 5.77. The number of ether oxygens (including phenoxy) is 2. The van der Waals surface area contributed by atoms with Crippen LogP contribution >= 0.6 is 15.9 Å². The molecule has 1 aliphatic rings. The van der Waals surface area contributed by atoms with Crippen LogP contribution in [0.3, 0.4) is 0 Å². The molecular weight excluding hydrogens is 296 g/mol. The lowest BCUT2D eigenvalue weighted by atomic mass is 10.2. The number of halogens is 1. The van der Waals surface area contributed by atoms with Crippen LogP contribution in [0, 0.1) is 0 Å². The molecule has 1 aromatic carbocycles. The predicted octanol–water partition coefficient (Wildman–Crippen LogP) is 1.62. The van der Waals surface area contributed by atoms with Gasteiger partial charge in [-0.25, -0.2) is 0 Å². The van der Waals surface area contributed by atoms with Crippen LogP contribution in [-0.4, -0.2) is 44.4 Å². The van der Waals surface area contributed by atoms with Crippen molar-refractivity contribution >= 4 is 15.9 Å². The van der Waals surface area contributed by atoms with Crippen LogP contribution in [0.2, 0.25) is 0 Å². The van der Waals surface area contributed by atoms with Crippen molar-refractivity contribution in [1.29, 1.82) is 0 Å².